The van der Waals surface area contributed by atoms with Crippen LogP contribution >= 0.6 is 0 Å². The van der Waals surface area contributed by atoms with Gasteiger partial charge in [0.1, 0.15) is 11.8 Å². The SMILES string of the molecule is C=CCN1C[C@@H](NC(=O)COc2ccccc2)C1=O. The van der Waals surface area contributed by atoms with Crippen molar-refractivity contribution >= 4 is 11.8 Å². The summed E-state index contributed by atoms with van der Waals surface area (Å²) in [5, 5.41) is 2.64. The molecule has 1 heterocycles. The average molecular weight is 260 g/mol. The lowest BCUT2D eigenvalue weighted by molar-refractivity contribution is -0.146. The lowest BCUT2D eigenvalue weighted by Gasteiger charge is -2.37. The summed E-state index contributed by atoms with van der Waals surface area (Å²) in [5.74, 6) is 0.263. The minimum atomic E-state index is -0.424. The van der Waals surface area contributed by atoms with E-state index in [9.17, 15) is 9.59 Å². The quantitative estimate of drug-likeness (QED) is 0.601. The minimum Gasteiger partial charge on any atom is -0.484 e. The maximum absolute atomic E-state index is 11.6. The van der Waals surface area contributed by atoms with E-state index in [1.54, 1.807) is 23.1 Å². The van der Waals surface area contributed by atoms with Crippen LogP contribution in [0, 0.1) is 0 Å². The van der Waals surface area contributed by atoms with Gasteiger partial charge in [-0.3, -0.25) is 9.59 Å². The van der Waals surface area contributed by atoms with Crippen LogP contribution in [0.1, 0.15) is 0 Å². The van der Waals surface area contributed by atoms with Crippen molar-refractivity contribution in [3.63, 3.8) is 0 Å². The van der Waals surface area contributed by atoms with E-state index in [1.807, 2.05) is 18.2 Å². The Bertz CT molecular complexity index is 473. The molecule has 1 aromatic carbocycles. The maximum atomic E-state index is 11.6. The molecule has 0 aromatic heterocycles. The molecule has 1 aliphatic rings. The van der Waals surface area contributed by atoms with Crippen LogP contribution in [-0.2, 0) is 9.59 Å². The molecule has 1 aromatic rings. The van der Waals surface area contributed by atoms with Crippen LogP contribution in [0.3, 0.4) is 0 Å². The predicted molar refractivity (Wildman–Crippen MR) is 70.6 cm³/mol. The molecule has 1 aliphatic heterocycles. The molecule has 5 nitrogen and oxygen atoms in total. The van der Waals surface area contributed by atoms with Gasteiger partial charge in [0.15, 0.2) is 6.61 Å². The molecule has 0 aliphatic carbocycles. The van der Waals surface area contributed by atoms with Gasteiger partial charge >= 0.3 is 0 Å². The Hall–Kier alpha value is -2.30. The number of hydrogen-bond donors (Lipinski definition) is 1. The summed E-state index contributed by atoms with van der Waals surface area (Å²) in [5.41, 5.74) is 0. The van der Waals surface area contributed by atoms with Crippen molar-refractivity contribution in [2.24, 2.45) is 0 Å². The van der Waals surface area contributed by atoms with Gasteiger partial charge in [0.25, 0.3) is 5.91 Å². The fraction of sp³-hybridized carbons (Fsp3) is 0.286. The highest BCUT2D eigenvalue weighted by atomic mass is 16.5. The van der Waals surface area contributed by atoms with Gasteiger partial charge in [-0.2, -0.15) is 0 Å². The number of nitrogens with one attached hydrogen (secondary N) is 1. The summed E-state index contributed by atoms with van der Waals surface area (Å²) in [6, 6.07) is 8.65. The molecule has 2 rings (SSSR count). The van der Waals surface area contributed by atoms with Crippen LogP contribution in [-0.4, -0.2) is 42.5 Å². The van der Waals surface area contributed by atoms with Crippen LogP contribution in [0.4, 0.5) is 0 Å². The second kappa shape index (κ2) is 6.04. The zero-order valence-corrected chi connectivity index (χ0v) is 10.5. The number of hydrogen-bond acceptors (Lipinski definition) is 3. The number of rotatable bonds is 6. The number of likely N-dealkylation sites (tertiary alicyclic amines) is 1. The lowest BCUT2D eigenvalue weighted by atomic mass is 10.1. The van der Waals surface area contributed by atoms with Gasteiger partial charge in [0.05, 0.1) is 6.54 Å². The molecule has 0 radical (unpaired) electrons. The predicted octanol–water partition coefficient (Wildman–Crippen LogP) is 0.578. The standard InChI is InChI=1S/C14H16N2O3/c1-2-8-16-9-12(14(16)18)15-13(17)10-19-11-6-4-3-5-7-11/h2-7,12H,1,8-10H2,(H,15,17)/t12-/m1/s1. The van der Waals surface area contributed by atoms with E-state index in [0.717, 1.165) is 0 Å². The summed E-state index contributed by atoms with van der Waals surface area (Å²) in [7, 11) is 0. The van der Waals surface area contributed by atoms with Gasteiger partial charge in [0, 0.05) is 6.54 Å². The van der Waals surface area contributed by atoms with Gasteiger partial charge < -0.3 is 15.0 Å². The number of para-hydroxylation sites is 1. The summed E-state index contributed by atoms with van der Waals surface area (Å²) in [4.78, 5) is 24.8. The molecule has 5 heteroatoms. The molecule has 0 unspecified atom stereocenters. The van der Waals surface area contributed by atoms with E-state index >= 15 is 0 Å². The fourth-order valence-corrected chi connectivity index (χ4v) is 1.83. The van der Waals surface area contributed by atoms with E-state index in [1.165, 1.54) is 0 Å². The first-order chi connectivity index (χ1) is 9.20. The Balaban J connectivity index is 1.71. The van der Waals surface area contributed by atoms with Crippen molar-refractivity contribution in [1.29, 1.82) is 0 Å². The zero-order valence-electron chi connectivity index (χ0n) is 10.5. The van der Waals surface area contributed by atoms with E-state index < -0.39 is 6.04 Å². The zero-order chi connectivity index (χ0) is 13.7. The van der Waals surface area contributed by atoms with Crippen LogP contribution in [0.5, 0.6) is 5.75 Å². The molecular formula is C14H16N2O3. The number of nitrogens with zero attached hydrogens (tertiary/aromatic N) is 1. The van der Waals surface area contributed by atoms with Gasteiger partial charge in [0.2, 0.25) is 5.91 Å². The second-order valence-electron chi connectivity index (χ2n) is 4.25. The molecule has 0 spiro atoms. The number of ether oxygens (including phenoxy) is 1. The second-order valence-corrected chi connectivity index (χ2v) is 4.25. The Labute approximate surface area is 111 Å². The maximum Gasteiger partial charge on any atom is 0.258 e. The highest BCUT2D eigenvalue weighted by molar-refractivity contribution is 5.92. The number of carbonyl (C=O) groups is 2. The first kappa shape index (κ1) is 13.1. The summed E-state index contributed by atoms with van der Waals surface area (Å²) >= 11 is 0. The fourth-order valence-electron chi connectivity index (χ4n) is 1.83. The third-order valence-electron chi connectivity index (χ3n) is 2.81. The number of carbonyl (C=O) groups excluding carboxylic acids is 2. The van der Waals surface area contributed by atoms with Gasteiger partial charge in [-0.05, 0) is 12.1 Å². The number of benzene rings is 1. The minimum absolute atomic E-state index is 0.0760. The third kappa shape index (κ3) is 3.34. The molecule has 1 fully saturated rings. The molecule has 0 saturated carbocycles. The van der Waals surface area contributed by atoms with E-state index in [0.29, 0.717) is 18.8 Å². The molecule has 100 valence electrons. The number of β-lactam (4-membered cyclic amide) rings is 1. The van der Waals surface area contributed by atoms with Crippen molar-refractivity contribution < 1.29 is 14.3 Å². The van der Waals surface area contributed by atoms with E-state index in [4.69, 9.17) is 4.74 Å². The van der Waals surface area contributed by atoms with Crippen LogP contribution < -0.4 is 10.1 Å². The first-order valence-corrected chi connectivity index (χ1v) is 6.07. The van der Waals surface area contributed by atoms with E-state index in [2.05, 4.69) is 11.9 Å². The third-order valence-corrected chi connectivity index (χ3v) is 2.81. The molecular weight excluding hydrogens is 244 g/mol. The highest BCUT2D eigenvalue weighted by Gasteiger charge is 2.36. The van der Waals surface area contributed by atoms with Crippen molar-refractivity contribution in [1.82, 2.24) is 10.2 Å². The molecule has 1 atom stereocenters. The topological polar surface area (TPSA) is 58.6 Å². The molecule has 2 amide bonds. The summed E-state index contributed by atoms with van der Waals surface area (Å²) in [6.45, 7) is 4.53. The molecule has 0 bridgehead atoms. The Kier molecular flexibility index (Phi) is 4.18. The molecule has 19 heavy (non-hydrogen) atoms. The van der Waals surface area contributed by atoms with Gasteiger partial charge in [-0.1, -0.05) is 24.3 Å². The van der Waals surface area contributed by atoms with Crippen LogP contribution in [0.2, 0.25) is 0 Å². The van der Waals surface area contributed by atoms with Crippen molar-refractivity contribution in [3.8, 4) is 5.75 Å². The Morgan fingerprint density at radius 3 is 2.84 bits per heavy atom. The number of amides is 2. The molecule has 1 saturated heterocycles. The van der Waals surface area contributed by atoms with E-state index in [-0.39, 0.29) is 18.4 Å². The lowest BCUT2D eigenvalue weighted by Crippen LogP contribution is -2.64. The monoisotopic (exact) mass is 260 g/mol. The van der Waals surface area contributed by atoms with Gasteiger partial charge in [-0.25, -0.2) is 0 Å². The van der Waals surface area contributed by atoms with Crippen molar-refractivity contribution in [3.05, 3.63) is 43.0 Å². The highest BCUT2D eigenvalue weighted by Crippen LogP contribution is 2.10. The van der Waals surface area contributed by atoms with Crippen LogP contribution in [0.25, 0.3) is 0 Å². The average Bonchev–Trinajstić information content (AvgIpc) is 2.45. The molecule has 1 N–H and O–H groups in total. The normalized spacial score (nSPS) is 17.6. The van der Waals surface area contributed by atoms with Crippen LogP contribution in [0.15, 0.2) is 43.0 Å². The van der Waals surface area contributed by atoms with Crippen molar-refractivity contribution in [2.75, 3.05) is 19.7 Å². The summed E-state index contributed by atoms with van der Waals surface area (Å²) in [6.07, 6.45) is 1.66. The first-order valence-electron chi connectivity index (χ1n) is 6.07. The van der Waals surface area contributed by atoms with Crippen molar-refractivity contribution in [2.45, 2.75) is 6.04 Å². The smallest absolute Gasteiger partial charge is 0.258 e. The summed E-state index contributed by atoms with van der Waals surface area (Å²) < 4.78 is 5.29. The Morgan fingerprint density at radius 1 is 1.47 bits per heavy atom. The largest absolute Gasteiger partial charge is 0.484 e. The van der Waals surface area contributed by atoms with Gasteiger partial charge in [-0.15, -0.1) is 6.58 Å². The Morgan fingerprint density at radius 2 is 2.21 bits per heavy atom.